The van der Waals surface area contributed by atoms with E-state index >= 15 is 0 Å². The number of aryl methyl sites for hydroxylation is 2. The highest BCUT2D eigenvalue weighted by atomic mass is 16.2. The number of H-pyrrole nitrogens is 1. The molecule has 1 amide bonds. The minimum Gasteiger partial charge on any atom is -0.342 e. The Kier molecular flexibility index (Phi) is 3.95. The number of hydrogen-bond donors (Lipinski definition) is 1. The van der Waals surface area contributed by atoms with Gasteiger partial charge in [-0.25, -0.2) is 9.97 Å². The predicted octanol–water partition coefficient (Wildman–Crippen LogP) is 2.99. The van der Waals surface area contributed by atoms with Crippen molar-refractivity contribution in [2.75, 3.05) is 13.1 Å². The SMILES string of the molecule is Cc1cnc(C(=O)N2CCC[C@@H](c3nc4c(C)cccc4[nH]3)C2)cn1. The third kappa shape index (κ3) is 2.99. The van der Waals surface area contributed by atoms with Gasteiger partial charge in [-0.3, -0.25) is 9.78 Å². The van der Waals surface area contributed by atoms with Crippen LogP contribution in [0.1, 0.15) is 46.3 Å². The topological polar surface area (TPSA) is 74.8 Å². The molecule has 3 aromatic rings. The monoisotopic (exact) mass is 335 g/mol. The average molecular weight is 335 g/mol. The van der Waals surface area contributed by atoms with E-state index in [4.69, 9.17) is 4.98 Å². The fourth-order valence-corrected chi connectivity index (χ4v) is 3.44. The van der Waals surface area contributed by atoms with Gasteiger partial charge in [-0.1, -0.05) is 12.1 Å². The van der Waals surface area contributed by atoms with Crippen LogP contribution in [-0.4, -0.2) is 43.8 Å². The van der Waals surface area contributed by atoms with Crippen LogP contribution in [0, 0.1) is 13.8 Å². The van der Waals surface area contributed by atoms with Gasteiger partial charge in [-0.05, 0) is 38.3 Å². The first-order valence-corrected chi connectivity index (χ1v) is 8.65. The molecule has 0 aliphatic carbocycles. The molecule has 2 aromatic heterocycles. The van der Waals surface area contributed by atoms with Gasteiger partial charge in [-0.15, -0.1) is 0 Å². The number of imidazole rings is 1. The fourth-order valence-electron chi connectivity index (χ4n) is 3.44. The van der Waals surface area contributed by atoms with Gasteiger partial charge in [-0.2, -0.15) is 0 Å². The zero-order chi connectivity index (χ0) is 17.4. The number of nitrogens with one attached hydrogen (secondary N) is 1. The van der Waals surface area contributed by atoms with Crippen LogP contribution in [0.3, 0.4) is 0 Å². The standard InChI is InChI=1S/C19H21N5O/c1-12-5-3-7-15-17(12)23-18(22-15)14-6-4-8-24(11-14)19(25)16-10-20-13(2)9-21-16/h3,5,7,9-10,14H,4,6,8,11H2,1-2H3,(H,22,23)/t14-/m1/s1. The summed E-state index contributed by atoms with van der Waals surface area (Å²) >= 11 is 0. The van der Waals surface area contributed by atoms with Crippen LogP contribution in [0.5, 0.6) is 0 Å². The summed E-state index contributed by atoms with van der Waals surface area (Å²) in [5, 5.41) is 0. The Balaban J connectivity index is 1.56. The first-order chi connectivity index (χ1) is 12.1. The Hall–Kier alpha value is -2.76. The van der Waals surface area contributed by atoms with Gasteiger partial charge in [0.25, 0.3) is 5.91 Å². The largest absolute Gasteiger partial charge is 0.342 e. The lowest BCUT2D eigenvalue weighted by Crippen LogP contribution is -2.39. The molecule has 0 radical (unpaired) electrons. The molecule has 1 N–H and O–H groups in total. The van der Waals surface area contributed by atoms with Crippen LogP contribution < -0.4 is 0 Å². The number of piperidine rings is 1. The Morgan fingerprint density at radius 2 is 2.12 bits per heavy atom. The summed E-state index contributed by atoms with van der Waals surface area (Å²) in [5.74, 6) is 1.14. The molecule has 128 valence electrons. The van der Waals surface area contributed by atoms with E-state index < -0.39 is 0 Å². The quantitative estimate of drug-likeness (QED) is 0.781. The molecular formula is C19H21N5O. The van der Waals surface area contributed by atoms with Crippen molar-refractivity contribution in [1.82, 2.24) is 24.8 Å². The molecule has 1 aliphatic heterocycles. The van der Waals surface area contributed by atoms with Gasteiger partial charge in [0.05, 0.1) is 22.9 Å². The molecule has 6 heteroatoms. The van der Waals surface area contributed by atoms with Crippen LogP contribution in [0.15, 0.2) is 30.6 Å². The third-order valence-corrected chi connectivity index (χ3v) is 4.83. The van der Waals surface area contributed by atoms with E-state index in [9.17, 15) is 4.79 Å². The zero-order valence-corrected chi connectivity index (χ0v) is 14.5. The van der Waals surface area contributed by atoms with Crippen molar-refractivity contribution in [3.05, 3.63) is 53.4 Å². The number of likely N-dealkylation sites (tertiary alicyclic amines) is 1. The number of hydrogen-bond acceptors (Lipinski definition) is 4. The zero-order valence-electron chi connectivity index (χ0n) is 14.5. The lowest BCUT2D eigenvalue weighted by molar-refractivity contribution is 0.0698. The minimum atomic E-state index is -0.0514. The summed E-state index contributed by atoms with van der Waals surface area (Å²) < 4.78 is 0. The first-order valence-electron chi connectivity index (χ1n) is 8.65. The molecule has 1 aliphatic rings. The lowest BCUT2D eigenvalue weighted by atomic mass is 9.97. The maximum atomic E-state index is 12.7. The van der Waals surface area contributed by atoms with Gasteiger partial charge in [0, 0.05) is 25.2 Å². The molecule has 0 unspecified atom stereocenters. The second-order valence-electron chi connectivity index (χ2n) is 6.73. The Morgan fingerprint density at radius 3 is 2.88 bits per heavy atom. The molecule has 25 heavy (non-hydrogen) atoms. The van der Waals surface area contributed by atoms with E-state index in [0.717, 1.165) is 41.9 Å². The van der Waals surface area contributed by atoms with Gasteiger partial charge in [0.2, 0.25) is 0 Å². The lowest BCUT2D eigenvalue weighted by Gasteiger charge is -2.31. The van der Waals surface area contributed by atoms with E-state index in [1.807, 2.05) is 24.0 Å². The van der Waals surface area contributed by atoms with Crippen molar-refractivity contribution in [2.45, 2.75) is 32.6 Å². The summed E-state index contributed by atoms with van der Waals surface area (Å²) in [7, 11) is 0. The minimum absolute atomic E-state index is 0.0514. The van der Waals surface area contributed by atoms with Gasteiger partial charge < -0.3 is 9.88 Å². The molecule has 6 nitrogen and oxygen atoms in total. The Morgan fingerprint density at radius 1 is 1.24 bits per heavy atom. The van der Waals surface area contributed by atoms with Crippen molar-refractivity contribution >= 4 is 16.9 Å². The second-order valence-corrected chi connectivity index (χ2v) is 6.73. The number of nitrogens with zero attached hydrogens (tertiary/aromatic N) is 4. The highest BCUT2D eigenvalue weighted by molar-refractivity contribution is 5.92. The second kappa shape index (κ2) is 6.27. The predicted molar refractivity (Wildman–Crippen MR) is 95.5 cm³/mol. The highest BCUT2D eigenvalue weighted by Crippen LogP contribution is 2.28. The Labute approximate surface area is 146 Å². The Bertz CT molecular complexity index is 915. The molecule has 0 spiro atoms. The number of benzene rings is 1. The summed E-state index contributed by atoms with van der Waals surface area (Å²) in [6.45, 7) is 5.35. The molecule has 0 bridgehead atoms. The van der Waals surface area contributed by atoms with Crippen molar-refractivity contribution in [2.24, 2.45) is 0 Å². The van der Waals surface area contributed by atoms with Crippen molar-refractivity contribution in [3.8, 4) is 0 Å². The summed E-state index contributed by atoms with van der Waals surface area (Å²) in [6.07, 6.45) is 5.19. The molecule has 1 saturated heterocycles. The molecule has 0 saturated carbocycles. The number of aromatic nitrogens is 4. The molecule has 1 atom stereocenters. The first kappa shape index (κ1) is 15.7. The maximum absolute atomic E-state index is 12.7. The number of amides is 1. The van der Waals surface area contributed by atoms with Crippen molar-refractivity contribution < 1.29 is 4.79 Å². The number of rotatable bonds is 2. The maximum Gasteiger partial charge on any atom is 0.274 e. The van der Waals surface area contributed by atoms with E-state index in [-0.39, 0.29) is 11.8 Å². The van der Waals surface area contributed by atoms with E-state index in [0.29, 0.717) is 12.2 Å². The fraction of sp³-hybridized carbons (Fsp3) is 0.368. The van der Waals surface area contributed by atoms with Crippen LogP contribution >= 0.6 is 0 Å². The summed E-state index contributed by atoms with van der Waals surface area (Å²) in [5.41, 5.74) is 4.46. The summed E-state index contributed by atoms with van der Waals surface area (Å²) in [4.78, 5) is 31.2. The average Bonchev–Trinajstić information content (AvgIpc) is 3.08. The molecule has 1 fully saturated rings. The molecule has 4 rings (SSSR count). The van der Waals surface area contributed by atoms with Crippen LogP contribution in [0.4, 0.5) is 0 Å². The van der Waals surface area contributed by atoms with Crippen LogP contribution in [0.2, 0.25) is 0 Å². The van der Waals surface area contributed by atoms with E-state index in [1.165, 1.54) is 5.56 Å². The normalized spacial score (nSPS) is 17.8. The summed E-state index contributed by atoms with van der Waals surface area (Å²) in [6, 6.07) is 6.15. The van der Waals surface area contributed by atoms with E-state index in [1.54, 1.807) is 12.4 Å². The molecular weight excluding hydrogens is 314 g/mol. The van der Waals surface area contributed by atoms with Gasteiger partial charge in [0.15, 0.2) is 0 Å². The number of carbonyl (C=O) groups excluding carboxylic acids is 1. The smallest absolute Gasteiger partial charge is 0.274 e. The number of carbonyl (C=O) groups is 1. The molecule has 1 aromatic carbocycles. The van der Waals surface area contributed by atoms with Gasteiger partial charge in [0.1, 0.15) is 11.5 Å². The van der Waals surface area contributed by atoms with E-state index in [2.05, 4.69) is 27.9 Å². The van der Waals surface area contributed by atoms with Crippen molar-refractivity contribution in [3.63, 3.8) is 0 Å². The van der Waals surface area contributed by atoms with Gasteiger partial charge >= 0.3 is 0 Å². The number of para-hydroxylation sites is 1. The number of aromatic amines is 1. The number of fused-ring (bicyclic) bond motifs is 1. The van der Waals surface area contributed by atoms with Crippen LogP contribution in [-0.2, 0) is 0 Å². The highest BCUT2D eigenvalue weighted by Gasteiger charge is 2.28. The van der Waals surface area contributed by atoms with Crippen LogP contribution in [0.25, 0.3) is 11.0 Å². The molecule has 3 heterocycles. The third-order valence-electron chi connectivity index (χ3n) is 4.83. The van der Waals surface area contributed by atoms with Crippen molar-refractivity contribution in [1.29, 1.82) is 0 Å².